The summed E-state index contributed by atoms with van der Waals surface area (Å²) in [4.78, 5) is 0. The molecule has 0 amide bonds. The van der Waals surface area contributed by atoms with Crippen LogP contribution in [0.3, 0.4) is 0 Å². The molecule has 2 atom stereocenters. The van der Waals surface area contributed by atoms with Crippen molar-refractivity contribution in [1.82, 2.24) is 0 Å². The lowest BCUT2D eigenvalue weighted by Crippen LogP contribution is -2.38. The first-order valence-electron chi connectivity index (χ1n) is 46.9. The Morgan fingerprint density at radius 1 is 0.299 bits per heavy atom. The summed E-state index contributed by atoms with van der Waals surface area (Å²) in [6, 6.07) is 58.5. The molecule has 6 saturated carbocycles. The minimum atomic E-state index is 0.0283. The highest BCUT2D eigenvalue weighted by Gasteiger charge is 2.42. The molecule has 0 N–H and O–H groups in total. The highest BCUT2D eigenvalue weighted by Crippen LogP contribution is 2.56. The van der Waals surface area contributed by atoms with E-state index in [4.69, 9.17) is 0 Å². The fourth-order valence-corrected chi connectivity index (χ4v) is 25.4. The Morgan fingerprint density at radius 3 is 1.09 bits per heavy atom. The number of benzene rings is 8. The molecule has 0 radical (unpaired) electrons. The van der Waals surface area contributed by atoms with Gasteiger partial charge in [0.25, 0.3) is 0 Å². The van der Waals surface area contributed by atoms with Crippen LogP contribution in [0, 0.1) is 79.1 Å². The first-order chi connectivity index (χ1) is 56.6. The molecule has 4 heterocycles. The summed E-state index contributed by atoms with van der Waals surface area (Å²) in [5.74, 6) is 6.83. The minimum absolute atomic E-state index is 0.0283. The maximum Gasteiger partial charge on any atom is 0.221 e. The molecular weight excluding hydrogens is 1410 g/mol. The molecular formula is C113H134N4+4. The summed E-state index contributed by atoms with van der Waals surface area (Å²) in [6.45, 7) is 23.1. The van der Waals surface area contributed by atoms with Crippen LogP contribution in [0.15, 0.2) is 146 Å². The molecule has 0 aliphatic heterocycles. The van der Waals surface area contributed by atoms with Crippen molar-refractivity contribution >= 4 is 43.1 Å². The van der Waals surface area contributed by atoms with Gasteiger partial charge in [0, 0.05) is 57.4 Å². The van der Waals surface area contributed by atoms with E-state index in [2.05, 4.69) is 261 Å². The second-order valence-electron chi connectivity index (χ2n) is 40.3. The van der Waals surface area contributed by atoms with Gasteiger partial charge >= 0.3 is 0 Å². The number of aryl methyl sites for hydroxylation is 10. The zero-order chi connectivity index (χ0) is 80.4. The normalized spacial score (nSPS) is 20.3. The Labute approximate surface area is 702 Å². The number of nitrogens with zero attached hydrogens (tertiary/aromatic N) is 4. The Bertz CT molecular complexity index is 5900. The smallest absolute Gasteiger partial charge is 0.198 e. The van der Waals surface area contributed by atoms with Crippen LogP contribution in [0.2, 0.25) is 0 Å². The van der Waals surface area contributed by atoms with Crippen LogP contribution in [0.1, 0.15) is 303 Å². The van der Waals surface area contributed by atoms with Gasteiger partial charge in [-0.15, -0.1) is 0 Å². The third kappa shape index (κ3) is 14.6. The summed E-state index contributed by atoms with van der Waals surface area (Å²) in [6.07, 6.45) is 41.3. The SMILES string of the molecule is Cc1cc2c(cc1-c1c3ccc(CC4CCCC4)cc3cc(C)[n+]1C)C1CCC2C1.Cc1cc2c(cc1-c1c3ccc(CC4CCCC4)cc3cc(C)[n+]1C)C1CCC2CC1.Cc1cc2c(cc1-c1c3ccc(CC4CCCC4)cc3cc(C)[n+]1C)CCC2.Cc1cccc2c1-c1c3c(cc(CC4CCCC4)cc3cc(C)[n+]1C)C2(C)C. The fourth-order valence-electron chi connectivity index (χ4n) is 25.4. The molecule has 4 bridgehead atoms. The quantitative estimate of drug-likeness (QED) is 0.115. The van der Waals surface area contributed by atoms with Crippen LogP contribution in [0.25, 0.3) is 88.1 Å². The molecule has 4 heteroatoms. The first-order valence-corrected chi connectivity index (χ1v) is 46.9. The average molecular weight is 1550 g/mol. The van der Waals surface area contributed by atoms with E-state index >= 15 is 0 Å². The second kappa shape index (κ2) is 31.8. The highest BCUT2D eigenvalue weighted by atomic mass is 15.0. The lowest BCUT2D eigenvalue weighted by Gasteiger charge is -2.38. The van der Waals surface area contributed by atoms with E-state index in [1.54, 1.807) is 33.4 Å². The van der Waals surface area contributed by atoms with Gasteiger partial charge in [0.15, 0.2) is 22.8 Å². The first kappa shape index (κ1) is 78.3. The zero-order valence-electron chi connectivity index (χ0n) is 74.0. The molecule has 0 saturated heterocycles. The van der Waals surface area contributed by atoms with Crippen LogP contribution < -0.4 is 18.3 Å². The Balaban J connectivity index is 0.000000104. The van der Waals surface area contributed by atoms with E-state index in [1.165, 1.54) is 359 Å². The second-order valence-corrected chi connectivity index (χ2v) is 40.3. The van der Waals surface area contributed by atoms with Gasteiger partial charge in [0.1, 0.15) is 28.2 Å². The van der Waals surface area contributed by atoms with Gasteiger partial charge in [-0.05, 0) is 312 Å². The summed E-state index contributed by atoms with van der Waals surface area (Å²) < 4.78 is 9.64. The molecule has 8 aromatic carbocycles. The van der Waals surface area contributed by atoms with E-state index in [1.807, 2.05) is 0 Å². The van der Waals surface area contributed by atoms with Crippen LogP contribution in [-0.2, 0) is 72.1 Å². The van der Waals surface area contributed by atoms with Crippen molar-refractivity contribution in [2.75, 3.05) is 0 Å². The van der Waals surface area contributed by atoms with Crippen molar-refractivity contribution < 1.29 is 18.3 Å². The fraction of sp³-hybridized carbons (Fsp3) is 0.469. The molecule has 4 nitrogen and oxygen atoms in total. The lowest BCUT2D eigenvalue weighted by molar-refractivity contribution is -0.665. The van der Waals surface area contributed by atoms with E-state index in [9.17, 15) is 0 Å². The molecule has 12 aromatic rings. The van der Waals surface area contributed by atoms with Crippen LogP contribution in [0.5, 0.6) is 0 Å². The van der Waals surface area contributed by atoms with Gasteiger partial charge in [-0.25, -0.2) is 0 Å². The largest absolute Gasteiger partial charge is 0.221 e. The molecule has 117 heavy (non-hydrogen) atoms. The van der Waals surface area contributed by atoms with Crippen molar-refractivity contribution in [3.05, 3.63) is 257 Å². The minimum Gasteiger partial charge on any atom is -0.198 e. The van der Waals surface area contributed by atoms with Crippen molar-refractivity contribution in [3.63, 3.8) is 0 Å². The van der Waals surface area contributed by atoms with E-state index in [0.29, 0.717) is 0 Å². The van der Waals surface area contributed by atoms with Gasteiger partial charge in [-0.2, -0.15) is 18.3 Å². The number of hydrogen-bond donors (Lipinski definition) is 0. The predicted molar refractivity (Wildman–Crippen MR) is 490 cm³/mol. The number of fused-ring (bicyclic) bond motifs is 13. The molecule has 602 valence electrons. The monoisotopic (exact) mass is 1550 g/mol. The van der Waals surface area contributed by atoms with E-state index in [0.717, 1.165) is 47.3 Å². The zero-order valence-corrected chi connectivity index (χ0v) is 74.0. The molecule has 0 spiro atoms. The highest BCUT2D eigenvalue weighted by molar-refractivity contribution is 6.02. The van der Waals surface area contributed by atoms with E-state index in [-0.39, 0.29) is 5.41 Å². The topological polar surface area (TPSA) is 15.5 Å². The van der Waals surface area contributed by atoms with Crippen LogP contribution in [0.4, 0.5) is 0 Å². The summed E-state index contributed by atoms with van der Waals surface area (Å²) in [5.41, 5.74) is 41.3. The third-order valence-corrected chi connectivity index (χ3v) is 32.3. The van der Waals surface area contributed by atoms with Crippen molar-refractivity contribution in [1.29, 1.82) is 0 Å². The van der Waals surface area contributed by atoms with Gasteiger partial charge in [0.2, 0.25) is 22.8 Å². The number of pyridine rings is 4. The van der Waals surface area contributed by atoms with E-state index < -0.39 is 0 Å². The van der Waals surface area contributed by atoms with Crippen LogP contribution in [-0.4, -0.2) is 0 Å². The Morgan fingerprint density at radius 2 is 0.650 bits per heavy atom. The molecule has 4 aromatic heterocycles. The van der Waals surface area contributed by atoms with Crippen molar-refractivity contribution in [2.24, 2.45) is 51.9 Å². The molecule has 2 unspecified atom stereocenters. The molecule has 6 fully saturated rings. The third-order valence-electron chi connectivity index (χ3n) is 32.3. The average Bonchev–Trinajstić information content (AvgIpc) is 1.45. The van der Waals surface area contributed by atoms with Gasteiger partial charge in [-0.1, -0.05) is 202 Å². The standard InChI is InChI=1S/C30H36N.C29H34N.2C27H32N/c1-19-14-28-23-9-11-24(12-10-23)29(28)18-27(19)30-26-13-8-22(16-21-6-4-5-7-21)17-25(26)15-20(2)31(30)3;1-18-12-27-22-9-10-23(16-22)28(27)17-26(18)29-25-11-8-21(14-20-6-4-5-7-20)15-24(25)13-19(2)30(29)3;1-17-9-8-12-22-24(17)26-25-21(13-18(2)28(26)5)15-20(14-19-10-6-7-11-19)16-23(25)27(22,3)4;1-18-13-22-9-6-10-23(22)17-26(18)27-25-12-11-21(15-20-7-4-5-8-20)16-24(25)14-19(2)28(27)3/h8,13-15,17-18,21,23-24H,4-7,9-12,16H2,1-3H3;8,11-13,15,17,20,22-23H,4-7,9-10,14,16H2,1-3H3;8-9,12-13,15-16,19H,6-7,10-11,14H2,1-5H3;11-14,16-17,20H,4-10,15H2,1-3H3/q4*+1. The Hall–Kier alpha value is -8.60. The summed E-state index contributed by atoms with van der Waals surface area (Å²) in [7, 11) is 8.95. The van der Waals surface area contributed by atoms with Gasteiger partial charge < -0.3 is 0 Å². The maximum absolute atomic E-state index is 2.58. The van der Waals surface area contributed by atoms with Crippen molar-refractivity contribution in [3.8, 4) is 45.0 Å². The summed E-state index contributed by atoms with van der Waals surface area (Å²) >= 11 is 0. The Kier molecular flexibility index (Phi) is 21.3. The maximum atomic E-state index is 2.58. The van der Waals surface area contributed by atoms with Crippen molar-refractivity contribution in [2.45, 2.75) is 291 Å². The van der Waals surface area contributed by atoms with Gasteiger partial charge in [0.05, 0.1) is 43.8 Å². The molecule has 23 rings (SSSR count). The van der Waals surface area contributed by atoms with Gasteiger partial charge in [-0.3, -0.25) is 0 Å². The lowest BCUT2D eigenvalue weighted by atomic mass is 9.66. The molecule has 11 aliphatic rings. The summed E-state index contributed by atoms with van der Waals surface area (Å²) in [5, 5.41) is 11.3. The predicted octanol–water partition coefficient (Wildman–Crippen LogP) is 27.0. The molecule has 11 aliphatic carbocycles. The number of aromatic nitrogens is 4. The number of hydrogen-bond acceptors (Lipinski definition) is 0. The number of rotatable bonds is 11. The van der Waals surface area contributed by atoms with Crippen LogP contribution >= 0.6 is 0 Å².